The van der Waals surface area contributed by atoms with Crippen molar-refractivity contribution in [2.45, 2.75) is 31.4 Å². The predicted molar refractivity (Wildman–Crippen MR) is 57.5 cm³/mol. The Kier molecular flexibility index (Phi) is 5.04. The van der Waals surface area contributed by atoms with E-state index in [0.29, 0.717) is 10.7 Å². The molecule has 1 amide bonds. The first-order valence-electron chi connectivity index (χ1n) is 5.58. The SMILES string of the molecule is O=C(Cn1ccc(C(F)(F)F)n1)NC(CC(F)(F)F)C(=O)O. The average Bonchev–Trinajstić information content (AvgIpc) is 2.74. The minimum Gasteiger partial charge on any atom is -0.480 e. The van der Waals surface area contributed by atoms with Gasteiger partial charge in [-0.2, -0.15) is 31.4 Å². The van der Waals surface area contributed by atoms with Crippen molar-refractivity contribution in [3.63, 3.8) is 0 Å². The Balaban J connectivity index is 2.68. The molecule has 1 heterocycles. The number of rotatable bonds is 5. The number of nitrogens with one attached hydrogen (secondary N) is 1. The van der Waals surface area contributed by atoms with E-state index in [-0.39, 0.29) is 0 Å². The van der Waals surface area contributed by atoms with E-state index < -0.39 is 48.9 Å². The second-order valence-electron chi connectivity index (χ2n) is 4.17. The summed E-state index contributed by atoms with van der Waals surface area (Å²) in [5, 5.41) is 13.2. The topological polar surface area (TPSA) is 84.2 Å². The molecule has 1 unspecified atom stereocenters. The third kappa shape index (κ3) is 5.61. The van der Waals surface area contributed by atoms with Gasteiger partial charge in [-0.1, -0.05) is 0 Å². The van der Waals surface area contributed by atoms with Gasteiger partial charge in [0.25, 0.3) is 0 Å². The third-order valence-electron chi connectivity index (χ3n) is 2.31. The van der Waals surface area contributed by atoms with Crippen molar-refractivity contribution in [1.82, 2.24) is 15.1 Å². The van der Waals surface area contributed by atoms with Crippen LogP contribution in [-0.2, 0) is 22.3 Å². The smallest absolute Gasteiger partial charge is 0.435 e. The van der Waals surface area contributed by atoms with Crippen LogP contribution in [-0.4, -0.2) is 39.0 Å². The monoisotopic (exact) mass is 333 g/mol. The summed E-state index contributed by atoms with van der Waals surface area (Å²) in [6.07, 6.45) is -10.6. The Morgan fingerprint density at radius 2 is 1.86 bits per heavy atom. The van der Waals surface area contributed by atoms with Crippen molar-refractivity contribution < 1.29 is 41.0 Å². The zero-order chi connectivity index (χ0) is 17.1. The molecule has 0 aliphatic heterocycles. The number of aliphatic carboxylic acids is 1. The van der Waals surface area contributed by atoms with Gasteiger partial charge in [-0.3, -0.25) is 9.48 Å². The number of aromatic nitrogens is 2. The summed E-state index contributed by atoms with van der Waals surface area (Å²) in [6.45, 7) is -0.849. The van der Waals surface area contributed by atoms with Gasteiger partial charge in [0.15, 0.2) is 5.69 Å². The molecule has 0 fully saturated rings. The second kappa shape index (κ2) is 6.23. The summed E-state index contributed by atoms with van der Waals surface area (Å²) >= 11 is 0. The summed E-state index contributed by atoms with van der Waals surface area (Å²) in [6, 6.07) is -1.66. The van der Waals surface area contributed by atoms with Crippen LogP contribution in [0.3, 0.4) is 0 Å². The minimum absolute atomic E-state index is 0.532. The molecule has 0 aromatic carbocycles. The van der Waals surface area contributed by atoms with Crippen LogP contribution in [0.5, 0.6) is 0 Å². The lowest BCUT2D eigenvalue weighted by Gasteiger charge is -2.16. The maximum Gasteiger partial charge on any atom is 0.435 e. The molecule has 1 aromatic heterocycles. The minimum atomic E-state index is -4.83. The number of amides is 1. The Labute approximate surface area is 118 Å². The number of hydrogen-bond donors (Lipinski definition) is 2. The molecule has 0 bridgehead atoms. The quantitative estimate of drug-likeness (QED) is 0.799. The Morgan fingerprint density at radius 1 is 1.27 bits per heavy atom. The van der Waals surface area contributed by atoms with E-state index in [4.69, 9.17) is 5.11 Å². The van der Waals surface area contributed by atoms with E-state index >= 15 is 0 Å². The van der Waals surface area contributed by atoms with Crippen molar-refractivity contribution >= 4 is 11.9 Å². The molecule has 0 saturated carbocycles. The average molecular weight is 333 g/mol. The first-order valence-corrected chi connectivity index (χ1v) is 5.58. The van der Waals surface area contributed by atoms with E-state index in [9.17, 15) is 35.9 Å². The van der Waals surface area contributed by atoms with Crippen LogP contribution >= 0.6 is 0 Å². The highest BCUT2D eigenvalue weighted by molar-refractivity contribution is 5.83. The van der Waals surface area contributed by atoms with E-state index in [1.807, 2.05) is 0 Å². The maximum absolute atomic E-state index is 12.3. The molecule has 0 aliphatic carbocycles. The number of alkyl halides is 6. The van der Waals surface area contributed by atoms with Gasteiger partial charge in [-0.15, -0.1) is 0 Å². The van der Waals surface area contributed by atoms with Crippen LogP contribution in [0, 0.1) is 0 Å². The molecule has 12 heteroatoms. The standard InChI is InChI=1S/C10H9F6N3O3/c11-9(12,13)3-5(8(21)22)17-7(20)4-19-2-1-6(18-19)10(14,15)16/h1-2,5H,3-4H2,(H,17,20)(H,21,22). The van der Waals surface area contributed by atoms with Crippen molar-refractivity contribution in [1.29, 1.82) is 0 Å². The Bertz CT molecular complexity index is 551. The fourth-order valence-electron chi connectivity index (χ4n) is 1.42. The first-order chi connectivity index (χ1) is 9.88. The van der Waals surface area contributed by atoms with E-state index in [2.05, 4.69) is 5.10 Å². The summed E-state index contributed by atoms with van der Waals surface area (Å²) in [7, 11) is 0. The van der Waals surface area contributed by atoms with Crippen molar-refractivity contribution in [3.05, 3.63) is 18.0 Å². The van der Waals surface area contributed by atoms with Crippen LogP contribution in [0.15, 0.2) is 12.3 Å². The molecule has 1 aromatic rings. The Hall–Kier alpha value is -2.27. The van der Waals surface area contributed by atoms with Crippen molar-refractivity contribution in [2.75, 3.05) is 0 Å². The van der Waals surface area contributed by atoms with Crippen LogP contribution in [0.25, 0.3) is 0 Å². The van der Waals surface area contributed by atoms with Crippen LogP contribution in [0.2, 0.25) is 0 Å². The summed E-state index contributed by atoms with van der Waals surface area (Å²) in [4.78, 5) is 22.0. The van der Waals surface area contributed by atoms with Gasteiger partial charge in [0.1, 0.15) is 12.6 Å². The molecule has 1 rings (SSSR count). The van der Waals surface area contributed by atoms with E-state index in [1.54, 1.807) is 5.32 Å². The fraction of sp³-hybridized carbons (Fsp3) is 0.500. The molecule has 124 valence electrons. The number of carbonyl (C=O) groups excluding carboxylic acids is 1. The number of carbonyl (C=O) groups is 2. The van der Waals surface area contributed by atoms with Crippen molar-refractivity contribution in [2.24, 2.45) is 0 Å². The molecule has 0 spiro atoms. The largest absolute Gasteiger partial charge is 0.480 e. The van der Waals surface area contributed by atoms with Gasteiger partial charge in [0.2, 0.25) is 5.91 Å². The molecular weight excluding hydrogens is 324 g/mol. The third-order valence-corrected chi connectivity index (χ3v) is 2.31. The normalized spacial score (nSPS) is 13.7. The van der Waals surface area contributed by atoms with Crippen molar-refractivity contribution in [3.8, 4) is 0 Å². The Morgan fingerprint density at radius 3 is 2.27 bits per heavy atom. The van der Waals surface area contributed by atoms with Gasteiger partial charge < -0.3 is 10.4 Å². The second-order valence-corrected chi connectivity index (χ2v) is 4.17. The number of halogens is 6. The predicted octanol–water partition coefficient (Wildman–Crippen LogP) is 1.42. The molecule has 0 aliphatic rings. The maximum atomic E-state index is 12.3. The molecule has 1 atom stereocenters. The molecule has 6 nitrogen and oxygen atoms in total. The fourth-order valence-corrected chi connectivity index (χ4v) is 1.42. The lowest BCUT2D eigenvalue weighted by atomic mass is 10.2. The lowest BCUT2D eigenvalue weighted by Crippen LogP contribution is -2.44. The van der Waals surface area contributed by atoms with Gasteiger partial charge in [0.05, 0.1) is 6.42 Å². The summed E-state index contributed by atoms with van der Waals surface area (Å²) in [5.41, 5.74) is -1.29. The molecule has 2 N–H and O–H groups in total. The van der Waals surface area contributed by atoms with Crippen LogP contribution in [0.1, 0.15) is 12.1 Å². The zero-order valence-corrected chi connectivity index (χ0v) is 10.6. The summed E-state index contributed by atoms with van der Waals surface area (Å²) in [5.74, 6) is -3.13. The highest BCUT2D eigenvalue weighted by atomic mass is 19.4. The highest BCUT2D eigenvalue weighted by Gasteiger charge is 2.36. The zero-order valence-electron chi connectivity index (χ0n) is 10.6. The molecule has 0 saturated heterocycles. The van der Waals surface area contributed by atoms with Gasteiger partial charge >= 0.3 is 18.3 Å². The van der Waals surface area contributed by atoms with E-state index in [1.165, 1.54) is 0 Å². The van der Waals surface area contributed by atoms with Gasteiger partial charge in [-0.25, -0.2) is 4.79 Å². The number of carboxylic acid groups (broad SMARTS) is 1. The first kappa shape index (κ1) is 17.8. The molecular formula is C10H9F6N3O3. The molecule has 0 radical (unpaired) electrons. The summed E-state index contributed by atoms with van der Waals surface area (Å²) < 4.78 is 73.7. The number of hydrogen-bond acceptors (Lipinski definition) is 3. The van der Waals surface area contributed by atoms with E-state index in [0.717, 1.165) is 6.20 Å². The molecule has 22 heavy (non-hydrogen) atoms. The van der Waals surface area contributed by atoms with Gasteiger partial charge in [-0.05, 0) is 6.07 Å². The van der Waals surface area contributed by atoms with Gasteiger partial charge in [0, 0.05) is 6.20 Å². The number of nitrogens with zero attached hydrogens (tertiary/aromatic N) is 2. The van der Waals surface area contributed by atoms with Crippen LogP contribution in [0.4, 0.5) is 26.3 Å². The number of carboxylic acids is 1. The lowest BCUT2D eigenvalue weighted by molar-refractivity contribution is -0.160. The highest BCUT2D eigenvalue weighted by Crippen LogP contribution is 2.27. The van der Waals surface area contributed by atoms with Crippen LogP contribution < -0.4 is 5.32 Å².